The Morgan fingerprint density at radius 2 is 0.878 bits per heavy atom. The molecule has 0 saturated carbocycles. The van der Waals surface area contributed by atoms with Gasteiger partial charge in [0.1, 0.15) is 18.9 Å². The zero-order valence-corrected chi connectivity index (χ0v) is 26.3. The lowest BCUT2D eigenvalue weighted by Crippen LogP contribution is -2.31. The Balaban J connectivity index is 1.74. The van der Waals surface area contributed by atoms with Crippen LogP contribution >= 0.6 is 0 Å². The number of unbranched alkanes of at least 4 members (excludes halogenated alkanes) is 8. The number of aryl methyl sites for hydroxylation is 1. The van der Waals surface area contributed by atoms with Crippen molar-refractivity contribution in [2.75, 3.05) is 106 Å². The van der Waals surface area contributed by atoms with E-state index in [0.717, 1.165) is 13.1 Å². The molecule has 0 aliphatic rings. The van der Waals surface area contributed by atoms with Gasteiger partial charge in [0.05, 0.1) is 106 Å². The van der Waals surface area contributed by atoms with Gasteiger partial charge in [0.25, 0.3) is 0 Å². The van der Waals surface area contributed by atoms with Crippen molar-refractivity contribution < 1.29 is 42.5 Å². The summed E-state index contributed by atoms with van der Waals surface area (Å²) in [6, 6.07) is 0. The van der Waals surface area contributed by atoms with Crippen molar-refractivity contribution in [2.45, 2.75) is 77.8 Å². The highest BCUT2D eigenvalue weighted by molar-refractivity contribution is 4.66. The van der Waals surface area contributed by atoms with E-state index in [-0.39, 0.29) is 0 Å². The fourth-order valence-electron chi connectivity index (χ4n) is 4.04. The van der Waals surface area contributed by atoms with Gasteiger partial charge in [-0.05, 0) is 12.8 Å². The SMILES string of the molecule is CCCCCCCCCCC[n+]1ccn(CCOCCOCCOCCOCCOCCOCCOCCOC)c1. The lowest BCUT2D eigenvalue weighted by Gasteiger charge is -2.08. The van der Waals surface area contributed by atoms with Crippen LogP contribution in [-0.4, -0.2) is 111 Å². The summed E-state index contributed by atoms with van der Waals surface area (Å²) in [4.78, 5) is 0. The predicted molar refractivity (Wildman–Crippen MR) is 159 cm³/mol. The summed E-state index contributed by atoms with van der Waals surface area (Å²) in [7, 11) is 1.65. The molecule has 0 saturated heterocycles. The summed E-state index contributed by atoms with van der Waals surface area (Å²) in [5.41, 5.74) is 0. The maximum atomic E-state index is 5.70. The van der Waals surface area contributed by atoms with Gasteiger partial charge >= 0.3 is 0 Å². The molecule has 0 aliphatic carbocycles. The fraction of sp³-hybridized carbons (Fsp3) is 0.903. The first-order valence-corrected chi connectivity index (χ1v) is 15.9. The van der Waals surface area contributed by atoms with Crippen LogP contribution < -0.4 is 4.57 Å². The van der Waals surface area contributed by atoms with Crippen molar-refractivity contribution in [3.8, 4) is 0 Å². The van der Waals surface area contributed by atoms with E-state index in [1.165, 1.54) is 57.8 Å². The van der Waals surface area contributed by atoms with E-state index < -0.39 is 0 Å². The van der Waals surface area contributed by atoms with Crippen molar-refractivity contribution in [3.63, 3.8) is 0 Å². The first-order chi connectivity index (χ1) is 20.4. The van der Waals surface area contributed by atoms with Crippen LogP contribution in [0.25, 0.3) is 0 Å². The molecule has 0 spiro atoms. The van der Waals surface area contributed by atoms with Gasteiger partial charge in [-0.25, -0.2) is 9.13 Å². The molecule has 0 N–H and O–H groups in total. The third-order valence-electron chi connectivity index (χ3n) is 6.42. The lowest BCUT2D eigenvalue weighted by atomic mass is 10.1. The second kappa shape index (κ2) is 31.8. The summed E-state index contributed by atoms with van der Waals surface area (Å²) < 4.78 is 47.8. The van der Waals surface area contributed by atoms with Gasteiger partial charge in [0.15, 0.2) is 0 Å². The highest BCUT2D eigenvalue weighted by Gasteiger charge is 2.04. The van der Waals surface area contributed by atoms with E-state index in [9.17, 15) is 0 Å². The van der Waals surface area contributed by atoms with Crippen molar-refractivity contribution in [1.29, 1.82) is 0 Å². The van der Waals surface area contributed by atoms with Crippen molar-refractivity contribution >= 4 is 0 Å². The Hall–Kier alpha value is -1.11. The number of aromatic nitrogens is 2. The zero-order valence-electron chi connectivity index (χ0n) is 26.3. The molecule has 1 heterocycles. The summed E-state index contributed by atoms with van der Waals surface area (Å²) >= 11 is 0. The number of nitrogens with zero attached hydrogens (tertiary/aromatic N) is 2. The number of methoxy groups -OCH3 is 1. The Morgan fingerprint density at radius 3 is 1.32 bits per heavy atom. The number of rotatable bonds is 34. The molecule has 1 aromatic rings. The van der Waals surface area contributed by atoms with Crippen LogP contribution in [0.5, 0.6) is 0 Å². The molecule has 242 valence electrons. The summed E-state index contributed by atoms with van der Waals surface area (Å²) in [5, 5.41) is 0. The molecule has 1 aromatic heterocycles. The third kappa shape index (κ3) is 27.5. The van der Waals surface area contributed by atoms with E-state index in [0.29, 0.717) is 99.1 Å². The third-order valence-corrected chi connectivity index (χ3v) is 6.42. The highest BCUT2D eigenvalue weighted by atomic mass is 16.6. The first-order valence-electron chi connectivity index (χ1n) is 15.9. The molecular formula is C31H61N2O8+. The Bertz CT molecular complexity index is 635. The molecule has 0 atom stereocenters. The average Bonchev–Trinajstić information content (AvgIpc) is 3.44. The number of ether oxygens (including phenoxy) is 8. The maximum Gasteiger partial charge on any atom is 0.243 e. The summed E-state index contributed by atoms with van der Waals surface area (Å²) in [6.45, 7) is 12.8. The Kier molecular flexibility index (Phi) is 29.4. The maximum absolute atomic E-state index is 5.70. The summed E-state index contributed by atoms with van der Waals surface area (Å²) in [5.74, 6) is 0. The fourth-order valence-corrected chi connectivity index (χ4v) is 4.04. The average molecular weight is 590 g/mol. The molecule has 10 heteroatoms. The molecule has 0 unspecified atom stereocenters. The van der Waals surface area contributed by atoms with Gasteiger partial charge in [-0.3, -0.25) is 0 Å². The molecule has 0 aromatic carbocycles. The molecule has 10 nitrogen and oxygen atoms in total. The van der Waals surface area contributed by atoms with E-state index >= 15 is 0 Å². The van der Waals surface area contributed by atoms with Crippen LogP contribution in [0.15, 0.2) is 18.7 Å². The molecule has 0 fully saturated rings. The molecule has 0 radical (unpaired) electrons. The van der Waals surface area contributed by atoms with Gasteiger partial charge in [-0.15, -0.1) is 0 Å². The van der Waals surface area contributed by atoms with Crippen LogP contribution in [0.3, 0.4) is 0 Å². The van der Waals surface area contributed by atoms with Crippen LogP contribution in [0, 0.1) is 0 Å². The molecule has 0 amide bonds. The van der Waals surface area contributed by atoms with Gasteiger partial charge in [0, 0.05) is 7.11 Å². The predicted octanol–water partition coefficient (Wildman–Crippen LogP) is 4.07. The van der Waals surface area contributed by atoms with Gasteiger partial charge < -0.3 is 37.9 Å². The first kappa shape index (κ1) is 37.9. The van der Waals surface area contributed by atoms with E-state index in [1.807, 2.05) is 0 Å². The van der Waals surface area contributed by atoms with Crippen molar-refractivity contribution in [1.82, 2.24) is 4.57 Å². The quantitative estimate of drug-likeness (QED) is 0.0879. The van der Waals surface area contributed by atoms with Crippen LogP contribution in [0.4, 0.5) is 0 Å². The molecule has 41 heavy (non-hydrogen) atoms. The van der Waals surface area contributed by atoms with Gasteiger partial charge in [0.2, 0.25) is 6.33 Å². The highest BCUT2D eigenvalue weighted by Crippen LogP contribution is 2.09. The number of imidazole rings is 1. The largest absolute Gasteiger partial charge is 0.382 e. The molecule has 1 rings (SSSR count). The minimum atomic E-state index is 0.541. The Morgan fingerprint density at radius 1 is 0.488 bits per heavy atom. The zero-order chi connectivity index (χ0) is 29.3. The van der Waals surface area contributed by atoms with Crippen LogP contribution in [0.1, 0.15) is 64.7 Å². The summed E-state index contributed by atoms with van der Waals surface area (Å²) in [6.07, 6.45) is 18.8. The minimum absolute atomic E-state index is 0.541. The van der Waals surface area contributed by atoms with Crippen molar-refractivity contribution in [3.05, 3.63) is 18.7 Å². The lowest BCUT2D eigenvalue weighted by molar-refractivity contribution is -0.696. The topological polar surface area (TPSA) is 82.7 Å². The smallest absolute Gasteiger partial charge is 0.243 e. The standard InChI is InChI=1S/C31H61N2O8/c1-3-4-5-6-7-8-9-10-11-12-32-13-14-33(31-32)15-16-35-19-20-37-23-24-39-27-28-41-30-29-40-26-25-38-22-21-36-18-17-34-2/h13-14,31H,3-12,15-30H2,1-2H3/q+1. The van der Waals surface area contributed by atoms with Gasteiger partial charge in [-0.2, -0.15) is 0 Å². The normalized spacial score (nSPS) is 11.6. The van der Waals surface area contributed by atoms with Crippen molar-refractivity contribution in [2.24, 2.45) is 0 Å². The van der Waals surface area contributed by atoms with Gasteiger partial charge in [-0.1, -0.05) is 51.9 Å². The number of hydrogen-bond donors (Lipinski definition) is 0. The Labute approximate surface area is 249 Å². The second-order valence-electron chi connectivity index (χ2n) is 10.00. The minimum Gasteiger partial charge on any atom is -0.382 e. The van der Waals surface area contributed by atoms with Crippen LogP contribution in [-0.2, 0) is 51.0 Å². The number of hydrogen-bond acceptors (Lipinski definition) is 8. The van der Waals surface area contributed by atoms with Crippen LogP contribution in [0.2, 0.25) is 0 Å². The van der Waals surface area contributed by atoms with E-state index in [4.69, 9.17) is 37.9 Å². The van der Waals surface area contributed by atoms with E-state index in [2.05, 4.69) is 34.8 Å². The molecular weight excluding hydrogens is 528 g/mol. The monoisotopic (exact) mass is 589 g/mol. The van der Waals surface area contributed by atoms with E-state index in [1.54, 1.807) is 7.11 Å². The second-order valence-corrected chi connectivity index (χ2v) is 10.00. The molecule has 0 bridgehead atoms. The molecule has 0 aliphatic heterocycles.